The van der Waals surface area contributed by atoms with Gasteiger partial charge in [0.05, 0.1) is 5.56 Å². The number of alkyl halides is 1. The first-order valence-electron chi connectivity index (χ1n) is 12.0. The number of aromatic carboxylic acids is 1. The van der Waals surface area contributed by atoms with Gasteiger partial charge in [0.15, 0.2) is 0 Å². The molecule has 0 spiro atoms. The van der Waals surface area contributed by atoms with Crippen molar-refractivity contribution in [2.75, 3.05) is 13.1 Å². The van der Waals surface area contributed by atoms with E-state index in [0.717, 1.165) is 38.9 Å². The Hall–Kier alpha value is 2.11. The molecule has 7 nitrogen and oxygen atoms in total. The van der Waals surface area contributed by atoms with E-state index in [1.165, 1.54) is 44.1 Å². The van der Waals surface area contributed by atoms with Crippen LogP contribution < -0.4 is 11.1 Å². The van der Waals surface area contributed by atoms with E-state index in [4.69, 9.17) is 10.8 Å². The maximum absolute atomic E-state index is 10.3. The molecule has 0 bridgehead atoms. The van der Waals surface area contributed by atoms with Crippen LogP contribution in [0.2, 0.25) is 0 Å². The second-order valence-electron chi connectivity index (χ2n) is 8.27. The van der Waals surface area contributed by atoms with Gasteiger partial charge < -0.3 is 22.9 Å². The first-order valence-corrected chi connectivity index (χ1v) is 28.4. The predicted molar refractivity (Wildman–Crippen MR) is 201 cm³/mol. The van der Waals surface area contributed by atoms with Crippen molar-refractivity contribution in [3.05, 3.63) is 63.9 Å². The maximum atomic E-state index is 10.3. The van der Waals surface area contributed by atoms with Gasteiger partial charge in [-0.1, -0.05) is 36.4 Å². The molecule has 1 unspecified atom stereocenters. The van der Waals surface area contributed by atoms with Crippen LogP contribution in [0, 0.1) is 18.8 Å². The Morgan fingerprint density at radius 2 is 1.49 bits per heavy atom. The molecule has 224 valence electrons. The van der Waals surface area contributed by atoms with Gasteiger partial charge in [-0.3, -0.25) is 15.3 Å². The van der Waals surface area contributed by atoms with E-state index in [1.807, 2.05) is 6.07 Å². The van der Waals surface area contributed by atoms with E-state index in [9.17, 15) is 9.90 Å². The molecule has 4 rings (SSSR count). The molecule has 39 heavy (non-hydrogen) atoms. The number of aromatic nitrogens is 2. The molecular weight excluding hydrogens is 1120 g/mol. The summed E-state index contributed by atoms with van der Waals surface area (Å²) in [5.41, 5.74) is 6.23. The van der Waals surface area contributed by atoms with Crippen molar-refractivity contribution < 1.29 is 19.9 Å². The molecule has 2 aliphatic rings. The summed E-state index contributed by atoms with van der Waals surface area (Å²) in [4.78, 5) is 17.7. The number of hydrogen-bond donors (Lipinski definition) is 4. The number of aliphatic hydroxyl groups is 1. The molecule has 2 heterocycles. The molecule has 2 aromatic heterocycles. The van der Waals surface area contributed by atoms with Crippen LogP contribution in [0.5, 0.6) is 0 Å². The zero-order chi connectivity index (χ0) is 30.4. The zero-order valence-corrected chi connectivity index (χ0v) is 35.4. The Balaban J connectivity index is 0. The van der Waals surface area contributed by atoms with Crippen LogP contribution in [-0.4, -0.2) is 43.2 Å². The summed E-state index contributed by atoms with van der Waals surface area (Å²) < 4.78 is 2.37. The number of aliphatic hydroxyl groups excluding tert-OH is 1. The zero-order valence-electron chi connectivity index (χ0n) is 22.2. The first kappa shape index (κ1) is 43.2. The van der Waals surface area contributed by atoms with E-state index in [-0.39, 0.29) is 10.5 Å². The third-order valence-electron chi connectivity index (χ3n) is 4.32. The normalized spacial score (nSPS) is 13.9. The Morgan fingerprint density at radius 3 is 1.79 bits per heavy atom. The number of hydrogen-bond acceptors (Lipinski definition) is 6. The topological polar surface area (TPSA) is 121 Å². The fourth-order valence-electron chi connectivity index (χ4n) is 2.18. The number of carboxylic acids is 1. The number of carbonyl (C=O) groups is 1. The van der Waals surface area contributed by atoms with Crippen molar-refractivity contribution >= 4 is 120 Å². The number of carboxylic acid groups (broad SMARTS) is 1. The van der Waals surface area contributed by atoms with Crippen molar-refractivity contribution in [1.82, 2.24) is 15.3 Å². The third-order valence-corrected chi connectivity index (χ3v) is 5.19. The number of nitrogens with zero attached hydrogens (tertiary/aromatic N) is 2. The molecule has 0 radical (unpaired) electrons. The van der Waals surface area contributed by atoms with Gasteiger partial charge in [0, 0.05) is 49.8 Å². The minimum absolute atomic E-state index is 0.189. The fourth-order valence-corrected chi connectivity index (χ4v) is 2.93. The molecule has 5 N–H and O–H groups in total. The van der Waals surface area contributed by atoms with Crippen molar-refractivity contribution in [2.45, 2.75) is 56.6 Å². The number of rotatable bonds is 6. The quantitative estimate of drug-likeness (QED) is 0.0987. The van der Waals surface area contributed by atoms with Crippen LogP contribution >= 0.6 is 114 Å². The van der Waals surface area contributed by atoms with Gasteiger partial charge in [0.25, 0.3) is 0 Å². The number of nitrogens with one attached hydrogen (secondary N) is 1. The second kappa shape index (κ2) is 27.6. The molecular formula is C25H38Br2I4N4O3V-. The van der Waals surface area contributed by atoms with E-state index < -0.39 is 12.2 Å². The van der Waals surface area contributed by atoms with Crippen LogP contribution in [0.25, 0.3) is 0 Å². The monoisotopic (exact) mass is 1160 g/mol. The molecule has 14 heteroatoms. The van der Waals surface area contributed by atoms with Gasteiger partial charge in [0.2, 0.25) is 0 Å². The van der Waals surface area contributed by atoms with E-state index in [2.05, 4.69) is 150 Å². The van der Waals surface area contributed by atoms with Gasteiger partial charge in [-0.25, -0.2) is 4.79 Å². The van der Waals surface area contributed by atoms with Gasteiger partial charge in [-0.05, 0) is 88.1 Å². The van der Waals surface area contributed by atoms with Gasteiger partial charge in [0.1, 0.15) is 6.23 Å². The van der Waals surface area contributed by atoms with E-state index in [0.29, 0.717) is 4.47 Å². The van der Waals surface area contributed by atoms with Crippen LogP contribution in [0.4, 0.5) is 0 Å². The van der Waals surface area contributed by atoms with Crippen molar-refractivity contribution in [3.8, 4) is 0 Å². The molecule has 2 aromatic rings. The van der Waals surface area contributed by atoms with Gasteiger partial charge in [-0.2, -0.15) is 6.92 Å². The Morgan fingerprint density at radius 1 is 1.05 bits per heavy atom. The summed E-state index contributed by atoms with van der Waals surface area (Å²) in [5, 5.41) is 21.3. The van der Waals surface area contributed by atoms with E-state index >= 15 is 0 Å². The minimum atomic E-state index is -0.964. The summed E-state index contributed by atoms with van der Waals surface area (Å²) in [6, 6.07) is 3.37. The van der Waals surface area contributed by atoms with E-state index in [1.54, 1.807) is 19.3 Å². The van der Waals surface area contributed by atoms with Crippen molar-refractivity contribution in [3.63, 3.8) is 0 Å². The summed E-state index contributed by atoms with van der Waals surface area (Å²) in [7, 11) is 0. The van der Waals surface area contributed by atoms with Crippen LogP contribution in [0.15, 0.2) is 45.9 Å². The average molecular weight is 1160 g/mol. The standard InChI is InChI=1S/C10H13BrN2O.C6H4BrNO2.C4H9N.C3H7I.C2H5.3HI.V/c11-9-3-8(5-12-6-9)10(14)13-4-7-1-2-7;7-5-1-4(6(9)10)2-8-3-5;5-3-4-1-2-4;1-3(2)4;1-2;;;;/h3,5-7,10,13-14H,1-2,4H2;1-3H,(H,9,10);4H,1-3,5H2;3H,1-2H3;1H2,2H3;3*1H;/q;;;;-1;;;;+3/p-3. The number of halogens is 6. The first-order chi connectivity index (χ1) is 18.3. The summed E-state index contributed by atoms with van der Waals surface area (Å²) in [6.07, 6.45) is 11.0. The molecule has 2 aliphatic carbocycles. The van der Waals surface area contributed by atoms with Crippen LogP contribution in [0.3, 0.4) is 0 Å². The Kier molecular flexibility index (Phi) is 30.7. The average Bonchev–Trinajstić information content (AvgIpc) is 3.78. The van der Waals surface area contributed by atoms with Gasteiger partial charge in [-0.15, -0.1) is 0 Å². The molecule has 0 aromatic carbocycles. The summed E-state index contributed by atoms with van der Waals surface area (Å²) >= 11 is 16.2. The molecule has 1 atom stereocenters. The van der Waals surface area contributed by atoms with Crippen molar-refractivity contribution in [1.29, 1.82) is 0 Å². The Labute approximate surface area is 302 Å². The second-order valence-corrected chi connectivity index (χ2v) is 48.0. The summed E-state index contributed by atoms with van der Waals surface area (Å²) in [5.74, 6) is 0.716. The fraction of sp³-hybridized carbons (Fsp3) is 0.520. The summed E-state index contributed by atoms with van der Waals surface area (Å²) in [6.45, 7) is 11.1. The Bertz CT molecular complexity index is 888. The molecule has 0 aliphatic heterocycles. The number of pyridine rings is 2. The molecule has 0 saturated heterocycles. The molecule has 2 fully saturated rings. The number of nitrogens with two attached hydrogens (primary N) is 1. The van der Waals surface area contributed by atoms with Crippen molar-refractivity contribution in [2.24, 2.45) is 17.6 Å². The van der Waals surface area contributed by atoms with Gasteiger partial charge >= 0.3 is 70.8 Å². The van der Waals surface area contributed by atoms with Crippen LogP contribution in [-0.2, 0) is 4.92 Å². The molecule has 2 saturated carbocycles. The molecule has 0 amide bonds. The SMILES string of the molecule is CC(C)I.NCC1CC1.O=C(O)c1cncc(Br)c1.OC(NCC1CC1)c1cncc(Br)c1.[CH2-]C.[I][V]([I])[I]. The third kappa shape index (κ3) is 31.3. The predicted octanol–water partition coefficient (Wildman–Crippen LogP) is 9.06. The van der Waals surface area contributed by atoms with Crippen LogP contribution in [0.1, 0.15) is 68.6 Å².